The molecule has 0 spiro atoms. The normalized spacial score (nSPS) is 14.5. The summed E-state index contributed by atoms with van der Waals surface area (Å²) in [4.78, 5) is 2.42. The van der Waals surface area contributed by atoms with E-state index in [1.807, 2.05) is 25.1 Å². The van der Waals surface area contributed by atoms with Crippen LogP contribution in [-0.4, -0.2) is 13.1 Å². The zero-order valence-electron chi connectivity index (χ0n) is 12.4. The molecule has 1 fully saturated rings. The second-order valence-corrected chi connectivity index (χ2v) is 5.66. The smallest absolute Gasteiger partial charge is 0.146 e. The Balaban J connectivity index is 1.75. The third kappa shape index (κ3) is 3.18. The second-order valence-electron chi connectivity index (χ2n) is 5.66. The Bertz CT molecular complexity index is 618. The van der Waals surface area contributed by atoms with E-state index in [0.29, 0.717) is 12.2 Å². The zero-order chi connectivity index (χ0) is 14.7. The van der Waals surface area contributed by atoms with Gasteiger partial charge in [-0.2, -0.15) is 0 Å². The molecule has 1 heterocycles. The minimum Gasteiger partial charge on any atom is -0.379 e. The molecule has 2 aromatic carbocycles. The van der Waals surface area contributed by atoms with Crippen molar-refractivity contribution >= 4 is 11.4 Å². The fourth-order valence-electron chi connectivity index (χ4n) is 2.88. The average molecular weight is 284 g/mol. The van der Waals surface area contributed by atoms with Gasteiger partial charge >= 0.3 is 0 Å². The van der Waals surface area contributed by atoms with E-state index in [0.717, 1.165) is 18.7 Å². The maximum absolute atomic E-state index is 13.9. The summed E-state index contributed by atoms with van der Waals surface area (Å²) in [6, 6.07) is 13.7. The number of halogens is 1. The first kappa shape index (κ1) is 13.9. The van der Waals surface area contributed by atoms with Crippen molar-refractivity contribution in [2.24, 2.45) is 0 Å². The van der Waals surface area contributed by atoms with E-state index in [4.69, 9.17) is 0 Å². The van der Waals surface area contributed by atoms with E-state index >= 15 is 0 Å². The van der Waals surface area contributed by atoms with Crippen LogP contribution >= 0.6 is 0 Å². The molecule has 0 amide bonds. The molecule has 0 aromatic heterocycles. The van der Waals surface area contributed by atoms with Crippen LogP contribution in [0.25, 0.3) is 0 Å². The van der Waals surface area contributed by atoms with Crippen molar-refractivity contribution in [3.8, 4) is 0 Å². The molecule has 2 nitrogen and oxygen atoms in total. The van der Waals surface area contributed by atoms with Gasteiger partial charge in [-0.25, -0.2) is 4.39 Å². The van der Waals surface area contributed by atoms with E-state index in [-0.39, 0.29) is 5.82 Å². The van der Waals surface area contributed by atoms with Gasteiger partial charge in [-0.3, -0.25) is 0 Å². The molecule has 0 saturated carbocycles. The quantitative estimate of drug-likeness (QED) is 0.898. The van der Waals surface area contributed by atoms with Crippen LogP contribution in [-0.2, 0) is 6.54 Å². The lowest BCUT2D eigenvalue weighted by atomic mass is 10.1. The fourth-order valence-corrected chi connectivity index (χ4v) is 2.88. The summed E-state index contributed by atoms with van der Waals surface area (Å²) in [5, 5.41) is 3.22. The summed E-state index contributed by atoms with van der Waals surface area (Å²) < 4.78 is 13.9. The van der Waals surface area contributed by atoms with Crippen molar-refractivity contribution in [1.82, 2.24) is 0 Å². The van der Waals surface area contributed by atoms with Crippen LogP contribution in [0.1, 0.15) is 24.0 Å². The third-order valence-corrected chi connectivity index (χ3v) is 4.03. The Labute approximate surface area is 125 Å². The number of nitrogens with zero attached hydrogens (tertiary/aromatic N) is 1. The Morgan fingerprint density at radius 1 is 1.10 bits per heavy atom. The highest BCUT2D eigenvalue weighted by atomic mass is 19.1. The number of nitrogens with one attached hydrogen (secondary N) is 1. The van der Waals surface area contributed by atoms with Crippen molar-refractivity contribution in [2.45, 2.75) is 26.3 Å². The van der Waals surface area contributed by atoms with Crippen LogP contribution in [0.15, 0.2) is 42.5 Å². The molecule has 110 valence electrons. The Hall–Kier alpha value is -2.03. The molecular weight excluding hydrogens is 263 g/mol. The van der Waals surface area contributed by atoms with Gasteiger partial charge in [-0.1, -0.05) is 24.3 Å². The summed E-state index contributed by atoms with van der Waals surface area (Å²) >= 11 is 0. The topological polar surface area (TPSA) is 15.3 Å². The van der Waals surface area contributed by atoms with E-state index < -0.39 is 0 Å². The molecule has 3 heteroatoms. The summed E-state index contributed by atoms with van der Waals surface area (Å²) in [6.07, 6.45) is 2.52. The number of rotatable bonds is 4. The summed E-state index contributed by atoms with van der Waals surface area (Å²) in [5.74, 6) is -0.186. The largest absolute Gasteiger partial charge is 0.379 e. The molecule has 2 aromatic rings. The monoisotopic (exact) mass is 284 g/mol. The lowest BCUT2D eigenvalue weighted by Crippen LogP contribution is -2.20. The van der Waals surface area contributed by atoms with Gasteiger partial charge in [0.2, 0.25) is 0 Å². The van der Waals surface area contributed by atoms with Crippen LogP contribution in [0, 0.1) is 12.7 Å². The molecule has 3 rings (SSSR count). The first-order valence-corrected chi connectivity index (χ1v) is 7.57. The lowest BCUT2D eigenvalue weighted by Gasteiger charge is -2.21. The average Bonchev–Trinajstić information content (AvgIpc) is 3.01. The van der Waals surface area contributed by atoms with Crippen LogP contribution in [0.4, 0.5) is 15.8 Å². The zero-order valence-corrected chi connectivity index (χ0v) is 12.4. The van der Waals surface area contributed by atoms with Crippen LogP contribution < -0.4 is 10.2 Å². The van der Waals surface area contributed by atoms with Gasteiger partial charge in [0.1, 0.15) is 5.82 Å². The highest BCUT2D eigenvalue weighted by Crippen LogP contribution is 2.25. The minimum atomic E-state index is -0.186. The van der Waals surface area contributed by atoms with Crippen LogP contribution in [0.5, 0.6) is 0 Å². The molecule has 0 atom stereocenters. The molecule has 0 unspecified atom stereocenters. The minimum absolute atomic E-state index is 0.186. The molecule has 0 aliphatic carbocycles. The predicted molar refractivity (Wildman–Crippen MR) is 86.4 cm³/mol. The van der Waals surface area contributed by atoms with Crippen molar-refractivity contribution in [3.63, 3.8) is 0 Å². The van der Waals surface area contributed by atoms with E-state index in [9.17, 15) is 4.39 Å². The summed E-state index contributed by atoms with van der Waals surface area (Å²) in [5.41, 5.74) is 4.00. The third-order valence-electron chi connectivity index (χ3n) is 4.03. The summed E-state index contributed by atoms with van der Waals surface area (Å²) in [7, 11) is 0. The molecule has 1 N–H and O–H groups in total. The van der Waals surface area contributed by atoms with Crippen LogP contribution in [0.2, 0.25) is 0 Å². The van der Waals surface area contributed by atoms with Crippen molar-refractivity contribution in [1.29, 1.82) is 0 Å². The number of benzene rings is 2. The molecule has 0 bridgehead atoms. The van der Waals surface area contributed by atoms with Gasteiger partial charge < -0.3 is 10.2 Å². The maximum atomic E-state index is 13.9. The molecule has 1 aliphatic rings. The Kier molecular flexibility index (Phi) is 4.09. The Morgan fingerprint density at radius 3 is 2.62 bits per heavy atom. The second kappa shape index (κ2) is 6.17. The molecule has 1 saturated heterocycles. The fraction of sp³-hybridized carbons (Fsp3) is 0.333. The van der Waals surface area contributed by atoms with Gasteiger partial charge in [0, 0.05) is 25.3 Å². The van der Waals surface area contributed by atoms with Gasteiger partial charge in [0.25, 0.3) is 0 Å². The van der Waals surface area contributed by atoms with E-state index in [2.05, 4.69) is 28.4 Å². The number of hydrogen-bond donors (Lipinski definition) is 1. The molecule has 21 heavy (non-hydrogen) atoms. The molecule has 1 aliphatic heterocycles. The standard InChI is InChI=1S/C18H21FN2/c1-14-8-9-17(16(19)12-14)20-13-15-6-2-3-7-18(15)21-10-4-5-11-21/h2-3,6-9,12,20H,4-5,10-11,13H2,1H3. The van der Waals surface area contributed by atoms with Crippen molar-refractivity contribution in [2.75, 3.05) is 23.3 Å². The SMILES string of the molecule is Cc1ccc(NCc2ccccc2N2CCCC2)c(F)c1. The first-order chi connectivity index (χ1) is 10.2. The van der Waals surface area contributed by atoms with Crippen molar-refractivity contribution in [3.05, 3.63) is 59.4 Å². The van der Waals surface area contributed by atoms with Gasteiger partial charge in [0.05, 0.1) is 5.69 Å². The highest BCUT2D eigenvalue weighted by molar-refractivity contribution is 5.56. The van der Waals surface area contributed by atoms with Gasteiger partial charge in [-0.05, 0) is 49.1 Å². The summed E-state index contributed by atoms with van der Waals surface area (Å²) in [6.45, 7) is 4.79. The van der Waals surface area contributed by atoms with Gasteiger partial charge in [-0.15, -0.1) is 0 Å². The lowest BCUT2D eigenvalue weighted by molar-refractivity contribution is 0.629. The van der Waals surface area contributed by atoms with Crippen LogP contribution in [0.3, 0.4) is 0 Å². The highest BCUT2D eigenvalue weighted by Gasteiger charge is 2.15. The van der Waals surface area contributed by atoms with E-state index in [1.165, 1.54) is 24.1 Å². The number of hydrogen-bond acceptors (Lipinski definition) is 2. The number of aryl methyl sites for hydroxylation is 1. The van der Waals surface area contributed by atoms with E-state index in [1.54, 1.807) is 6.07 Å². The molecular formula is C18H21FN2. The van der Waals surface area contributed by atoms with Gasteiger partial charge in [0.15, 0.2) is 0 Å². The maximum Gasteiger partial charge on any atom is 0.146 e. The number of anilines is 2. The molecule has 0 radical (unpaired) electrons. The Morgan fingerprint density at radius 2 is 1.86 bits per heavy atom. The van der Waals surface area contributed by atoms with Crippen molar-refractivity contribution < 1.29 is 4.39 Å². The predicted octanol–water partition coefficient (Wildman–Crippen LogP) is 4.35. The first-order valence-electron chi connectivity index (χ1n) is 7.57. The number of para-hydroxylation sites is 1.